The molecule has 0 bridgehead atoms. The molecule has 1 aliphatic rings. The number of rotatable bonds is 6. The smallest absolute Gasteiger partial charge is 0.416 e. The number of ether oxygens (including phenoxy) is 2. The first-order valence-electron chi connectivity index (χ1n) is 9.64. The molecule has 0 spiro atoms. The van der Waals surface area contributed by atoms with Gasteiger partial charge in [-0.05, 0) is 49.2 Å². The number of hydrogen-bond donors (Lipinski definition) is 1. The van der Waals surface area contributed by atoms with E-state index in [2.05, 4.69) is 0 Å². The van der Waals surface area contributed by atoms with Crippen LogP contribution in [0.2, 0.25) is 0 Å². The molecule has 0 amide bonds. The first-order valence-corrected chi connectivity index (χ1v) is 9.64. The van der Waals surface area contributed by atoms with E-state index in [1.165, 1.54) is 32.4 Å². The van der Waals surface area contributed by atoms with Gasteiger partial charge in [-0.3, -0.25) is 9.69 Å². The highest BCUT2D eigenvalue weighted by Gasteiger charge is 2.41. The largest absolute Gasteiger partial charge is 0.497 e. The fourth-order valence-corrected chi connectivity index (χ4v) is 4.10. The lowest BCUT2D eigenvalue weighted by Gasteiger charge is -2.40. The number of hydrogen-bond acceptors (Lipinski definition) is 4. The summed E-state index contributed by atoms with van der Waals surface area (Å²) in [6.45, 7) is 0.355. The third-order valence-corrected chi connectivity index (χ3v) is 5.45. The molecule has 1 N–H and O–H groups in total. The van der Waals surface area contributed by atoms with Gasteiger partial charge in [-0.15, -0.1) is 0 Å². The van der Waals surface area contributed by atoms with Crippen molar-refractivity contribution in [3.8, 4) is 11.5 Å². The molecule has 8 heteroatoms. The zero-order valence-corrected chi connectivity index (χ0v) is 16.8. The third kappa shape index (κ3) is 4.38. The van der Waals surface area contributed by atoms with E-state index in [0.717, 1.165) is 6.07 Å². The Hall–Kier alpha value is -2.74. The standard InChI is InChI=1S/C22H24F3NO4/c1-29-14-10-11-19(30-2)16(13-14)20(26-12-6-5-9-18(26)21(27)28)15-7-3-4-8-17(15)22(23,24)25/h3-4,7-8,10-11,13,18,20H,5-6,9,12H2,1-2H3,(H,27,28). The van der Waals surface area contributed by atoms with Crippen LogP contribution in [0.5, 0.6) is 11.5 Å². The molecule has 1 saturated heterocycles. The van der Waals surface area contributed by atoms with Crippen LogP contribution in [-0.4, -0.2) is 42.8 Å². The van der Waals surface area contributed by atoms with Crippen molar-refractivity contribution in [3.63, 3.8) is 0 Å². The molecule has 0 aromatic heterocycles. The second-order valence-electron chi connectivity index (χ2n) is 7.18. The molecular formula is C22H24F3NO4. The number of alkyl halides is 3. The monoisotopic (exact) mass is 423 g/mol. The highest BCUT2D eigenvalue weighted by atomic mass is 19.4. The van der Waals surface area contributed by atoms with Crippen molar-refractivity contribution in [2.45, 2.75) is 37.5 Å². The van der Waals surface area contributed by atoms with Gasteiger partial charge in [0.25, 0.3) is 0 Å². The minimum absolute atomic E-state index is 0.00953. The summed E-state index contributed by atoms with van der Waals surface area (Å²) in [5.74, 6) is -0.234. The maximum absolute atomic E-state index is 13.9. The molecule has 30 heavy (non-hydrogen) atoms. The molecule has 0 radical (unpaired) electrons. The zero-order valence-electron chi connectivity index (χ0n) is 16.8. The number of halogens is 3. The van der Waals surface area contributed by atoms with Gasteiger partial charge in [0.05, 0.1) is 25.8 Å². The van der Waals surface area contributed by atoms with Gasteiger partial charge >= 0.3 is 12.1 Å². The topological polar surface area (TPSA) is 59.0 Å². The number of carboxylic acid groups (broad SMARTS) is 1. The van der Waals surface area contributed by atoms with Crippen molar-refractivity contribution in [2.24, 2.45) is 0 Å². The predicted molar refractivity (Wildman–Crippen MR) is 105 cm³/mol. The van der Waals surface area contributed by atoms with Gasteiger partial charge in [0.2, 0.25) is 0 Å². The minimum atomic E-state index is -4.59. The van der Waals surface area contributed by atoms with Crippen molar-refractivity contribution in [2.75, 3.05) is 20.8 Å². The highest BCUT2D eigenvalue weighted by Crippen LogP contribution is 2.44. The van der Waals surface area contributed by atoms with E-state index in [4.69, 9.17) is 9.47 Å². The van der Waals surface area contributed by atoms with E-state index in [1.807, 2.05) is 0 Å². The number of carbonyl (C=O) groups is 1. The third-order valence-electron chi connectivity index (χ3n) is 5.45. The second-order valence-corrected chi connectivity index (χ2v) is 7.18. The molecule has 2 unspecified atom stereocenters. The second kappa shape index (κ2) is 8.95. The maximum atomic E-state index is 13.9. The maximum Gasteiger partial charge on any atom is 0.416 e. The Balaban J connectivity index is 2.28. The Morgan fingerprint density at radius 1 is 1.10 bits per heavy atom. The van der Waals surface area contributed by atoms with E-state index < -0.39 is 29.8 Å². The quantitative estimate of drug-likeness (QED) is 0.727. The van der Waals surface area contributed by atoms with E-state index in [9.17, 15) is 23.1 Å². The summed E-state index contributed by atoms with van der Waals surface area (Å²) in [6, 6.07) is 8.31. The van der Waals surface area contributed by atoms with Crippen molar-refractivity contribution < 1.29 is 32.5 Å². The molecule has 2 atom stereocenters. The molecule has 0 aliphatic carbocycles. The average molecular weight is 423 g/mol. The summed E-state index contributed by atoms with van der Waals surface area (Å²) < 4.78 is 52.4. The predicted octanol–water partition coefficient (Wildman–Crippen LogP) is 4.75. The van der Waals surface area contributed by atoms with Gasteiger partial charge in [0, 0.05) is 5.56 Å². The van der Waals surface area contributed by atoms with Crippen LogP contribution in [0.25, 0.3) is 0 Å². The summed E-state index contributed by atoms with van der Waals surface area (Å²) in [5.41, 5.74) is -0.374. The molecule has 3 rings (SSSR count). The van der Waals surface area contributed by atoms with Crippen molar-refractivity contribution in [3.05, 3.63) is 59.2 Å². The highest BCUT2D eigenvalue weighted by molar-refractivity contribution is 5.74. The van der Waals surface area contributed by atoms with E-state index in [1.54, 1.807) is 23.1 Å². The first-order chi connectivity index (χ1) is 14.3. The van der Waals surface area contributed by atoms with Crippen LogP contribution < -0.4 is 9.47 Å². The van der Waals surface area contributed by atoms with Crippen LogP contribution in [0.15, 0.2) is 42.5 Å². The van der Waals surface area contributed by atoms with E-state index >= 15 is 0 Å². The number of carboxylic acids is 1. The van der Waals surface area contributed by atoms with Crippen LogP contribution in [0.3, 0.4) is 0 Å². The lowest BCUT2D eigenvalue weighted by Crippen LogP contribution is -2.47. The summed E-state index contributed by atoms with van der Waals surface area (Å²) in [4.78, 5) is 13.6. The van der Waals surface area contributed by atoms with E-state index in [0.29, 0.717) is 42.9 Å². The van der Waals surface area contributed by atoms with Crippen LogP contribution in [0.4, 0.5) is 13.2 Å². The van der Waals surface area contributed by atoms with Gasteiger partial charge < -0.3 is 14.6 Å². The molecule has 5 nitrogen and oxygen atoms in total. The number of likely N-dealkylation sites (tertiary alicyclic amines) is 1. The molecule has 0 saturated carbocycles. The van der Waals surface area contributed by atoms with Crippen molar-refractivity contribution in [1.82, 2.24) is 4.90 Å². The first kappa shape index (κ1) is 22.0. The van der Waals surface area contributed by atoms with Gasteiger partial charge in [0.15, 0.2) is 0 Å². The minimum Gasteiger partial charge on any atom is -0.497 e. The molecule has 1 heterocycles. The Morgan fingerprint density at radius 2 is 1.83 bits per heavy atom. The van der Waals surface area contributed by atoms with Crippen molar-refractivity contribution in [1.29, 1.82) is 0 Å². The van der Waals surface area contributed by atoms with Crippen molar-refractivity contribution >= 4 is 5.97 Å². The Labute approximate surface area is 173 Å². The Morgan fingerprint density at radius 3 is 2.47 bits per heavy atom. The van der Waals surface area contributed by atoms with E-state index in [-0.39, 0.29) is 5.56 Å². The number of piperidine rings is 1. The van der Waals surface area contributed by atoms with Gasteiger partial charge in [-0.25, -0.2) is 0 Å². The Bertz CT molecular complexity index is 900. The van der Waals surface area contributed by atoms with Crippen LogP contribution in [-0.2, 0) is 11.0 Å². The lowest BCUT2D eigenvalue weighted by molar-refractivity contribution is -0.145. The average Bonchev–Trinajstić information content (AvgIpc) is 2.73. The lowest BCUT2D eigenvalue weighted by atomic mass is 9.88. The summed E-state index contributed by atoms with van der Waals surface area (Å²) in [5, 5.41) is 9.79. The molecule has 2 aromatic rings. The number of methoxy groups -OCH3 is 2. The molecule has 2 aromatic carbocycles. The Kier molecular flexibility index (Phi) is 6.55. The fraction of sp³-hybridized carbons (Fsp3) is 0.409. The van der Waals surface area contributed by atoms with Crippen LogP contribution in [0.1, 0.15) is 42.0 Å². The summed E-state index contributed by atoms with van der Waals surface area (Å²) in [7, 11) is 2.90. The fourth-order valence-electron chi connectivity index (χ4n) is 4.10. The number of nitrogens with zero attached hydrogens (tertiary/aromatic N) is 1. The molecule has 1 aliphatic heterocycles. The number of benzene rings is 2. The number of aliphatic carboxylic acids is 1. The summed E-state index contributed by atoms with van der Waals surface area (Å²) >= 11 is 0. The van der Waals surface area contributed by atoms with Crippen LogP contribution in [0, 0.1) is 0 Å². The molecule has 162 valence electrons. The van der Waals surface area contributed by atoms with Gasteiger partial charge in [-0.2, -0.15) is 13.2 Å². The van der Waals surface area contributed by atoms with Crippen LogP contribution >= 0.6 is 0 Å². The molecule has 1 fully saturated rings. The SMILES string of the molecule is COc1ccc(OC)c(C(c2ccccc2C(F)(F)F)N2CCCCC2C(=O)O)c1. The normalized spacial score (nSPS) is 18.6. The summed E-state index contributed by atoms with van der Waals surface area (Å²) in [6.07, 6.45) is -2.82. The van der Waals surface area contributed by atoms with Gasteiger partial charge in [0.1, 0.15) is 17.5 Å². The van der Waals surface area contributed by atoms with Gasteiger partial charge in [-0.1, -0.05) is 24.6 Å². The zero-order chi connectivity index (χ0) is 21.9. The molecular weight excluding hydrogens is 399 g/mol.